The van der Waals surface area contributed by atoms with Gasteiger partial charge in [-0.05, 0) is 24.1 Å². The number of aryl methyl sites for hydroxylation is 1. The van der Waals surface area contributed by atoms with Crippen LogP contribution >= 0.6 is 0 Å². The zero-order chi connectivity index (χ0) is 12.5. The first-order valence-electron chi connectivity index (χ1n) is 4.95. The van der Waals surface area contributed by atoms with Crippen LogP contribution in [0.25, 0.3) is 0 Å². The summed E-state index contributed by atoms with van der Waals surface area (Å²) < 4.78 is 48.2. The van der Waals surface area contributed by atoms with Gasteiger partial charge in [-0.25, -0.2) is 0 Å². The molecule has 3 nitrogen and oxygen atoms in total. The smallest absolute Gasteiger partial charge is 0.416 e. The Morgan fingerprint density at radius 3 is 2.47 bits per heavy atom. The van der Waals surface area contributed by atoms with Gasteiger partial charge in [-0.15, -0.1) is 0 Å². The van der Waals surface area contributed by atoms with Gasteiger partial charge in [-0.3, -0.25) is 0 Å². The quantitative estimate of drug-likeness (QED) is 0.769. The number of rotatable bonds is 3. The van der Waals surface area contributed by atoms with Crippen molar-refractivity contribution in [2.24, 2.45) is 0 Å². The third kappa shape index (κ3) is 2.35. The van der Waals surface area contributed by atoms with E-state index in [1.54, 1.807) is 0 Å². The fraction of sp³-hybridized carbons (Fsp3) is 0.364. The Bertz CT molecular complexity index is 440. The first kappa shape index (κ1) is 11.8. The van der Waals surface area contributed by atoms with Crippen LogP contribution in [0, 0.1) is 0 Å². The molecule has 0 fully saturated rings. The molecule has 1 aliphatic rings. The average Bonchev–Trinajstić information content (AvgIpc) is 2.70. The highest BCUT2D eigenvalue weighted by Crippen LogP contribution is 2.41. The SMILES string of the molecule is O=CCCc1cc2c(cc1C(F)(F)F)OCO2. The molecule has 0 aromatic heterocycles. The summed E-state index contributed by atoms with van der Waals surface area (Å²) in [5.41, 5.74) is -0.725. The molecule has 2 rings (SSSR count). The minimum atomic E-state index is -4.46. The molecule has 0 bridgehead atoms. The second-order valence-corrected chi connectivity index (χ2v) is 3.57. The van der Waals surface area contributed by atoms with E-state index in [4.69, 9.17) is 9.47 Å². The number of ether oxygens (including phenoxy) is 2. The van der Waals surface area contributed by atoms with Crippen molar-refractivity contribution < 1.29 is 27.4 Å². The number of benzene rings is 1. The molecule has 0 N–H and O–H groups in total. The van der Waals surface area contributed by atoms with E-state index in [1.807, 2.05) is 0 Å². The summed E-state index contributed by atoms with van der Waals surface area (Å²) in [4.78, 5) is 10.2. The summed E-state index contributed by atoms with van der Waals surface area (Å²) in [7, 11) is 0. The summed E-state index contributed by atoms with van der Waals surface area (Å²) in [5, 5.41) is 0. The molecule has 92 valence electrons. The van der Waals surface area contributed by atoms with Gasteiger partial charge >= 0.3 is 6.18 Å². The Hall–Kier alpha value is -1.72. The van der Waals surface area contributed by atoms with Crippen molar-refractivity contribution in [1.29, 1.82) is 0 Å². The Labute approximate surface area is 95.1 Å². The van der Waals surface area contributed by atoms with Crippen molar-refractivity contribution >= 4 is 6.29 Å². The molecule has 0 spiro atoms. The molecule has 0 atom stereocenters. The minimum absolute atomic E-state index is 0.0367. The zero-order valence-corrected chi connectivity index (χ0v) is 8.71. The molecule has 0 unspecified atom stereocenters. The van der Waals surface area contributed by atoms with Gasteiger partial charge in [-0.2, -0.15) is 13.2 Å². The van der Waals surface area contributed by atoms with Gasteiger partial charge in [-0.1, -0.05) is 0 Å². The predicted molar refractivity (Wildman–Crippen MR) is 52.0 cm³/mol. The van der Waals surface area contributed by atoms with Gasteiger partial charge in [0.15, 0.2) is 11.5 Å². The molecule has 1 aromatic carbocycles. The second-order valence-electron chi connectivity index (χ2n) is 3.57. The second kappa shape index (κ2) is 4.27. The number of alkyl halides is 3. The Morgan fingerprint density at radius 2 is 1.88 bits per heavy atom. The number of hydrogen-bond donors (Lipinski definition) is 0. The van der Waals surface area contributed by atoms with E-state index in [2.05, 4.69) is 0 Å². The maximum atomic E-state index is 12.8. The number of fused-ring (bicyclic) bond motifs is 1. The third-order valence-electron chi connectivity index (χ3n) is 2.44. The number of carbonyl (C=O) groups excluding carboxylic acids is 1. The van der Waals surface area contributed by atoms with E-state index >= 15 is 0 Å². The molecule has 1 aliphatic heterocycles. The van der Waals surface area contributed by atoms with Crippen LogP contribution in [0.5, 0.6) is 11.5 Å². The van der Waals surface area contributed by atoms with Crippen molar-refractivity contribution in [3.8, 4) is 11.5 Å². The Morgan fingerprint density at radius 1 is 1.24 bits per heavy atom. The van der Waals surface area contributed by atoms with Crippen LogP contribution < -0.4 is 9.47 Å². The fourth-order valence-electron chi connectivity index (χ4n) is 1.67. The molecule has 0 amide bonds. The van der Waals surface area contributed by atoms with Crippen molar-refractivity contribution in [1.82, 2.24) is 0 Å². The van der Waals surface area contributed by atoms with E-state index in [-0.39, 0.29) is 30.9 Å². The third-order valence-corrected chi connectivity index (χ3v) is 2.44. The van der Waals surface area contributed by atoms with Gasteiger partial charge < -0.3 is 14.3 Å². The number of hydrogen-bond acceptors (Lipinski definition) is 3. The molecular formula is C11H9F3O3. The highest BCUT2D eigenvalue weighted by molar-refractivity contribution is 5.53. The zero-order valence-electron chi connectivity index (χ0n) is 8.71. The van der Waals surface area contributed by atoms with Crippen molar-refractivity contribution in [2.45, 2.75) is 19.0 Å². The summed E-state index contributed by atoms with van der Waals surface area (Å²) in [6.45, 7) is -0.0796. The molecule has 17 heavy (non-hydrogen) atoms. The predicted octanol–water partition coefficient (Wildman–Crippen LogP) is 2.57. The lowest BCUT2D eigenvalue weighted by Crippen LogP contribution is -2.09. The fourth-order valence-corrected chi connectivity index (χ4v) is 1.67. The standard InChI is InChI=1S/C11H9F3O3/c12-11(13,14)8-5-10-9(16-6-17-10)4-7(8)2-1-3-15/h3-5H,1-2,6H2. The van der Waals surface area contributed by atoms with Crippen LogP contribution in [0.1, 0.15) is 17.5 Å². The summed E-state index contributed by atoms with van der Waals surface area (Å²) in [6.07, 6.45) is -3.79. The summed E-state index contributed by atoms with van der Waals surface area (Å²) in [6, 6.07) is 2.21. The number of halogens is 3. The van der Waals surface area contributed by atoms with Crippen LogP contribution in [0.3, 0.4) is 0 Å². The highest BCUT2D eigenvalue weighted by atomic mass is 19.4. The van der Waals surface area contributed by atoms with Crippen molar-refractivity contribution in [3.63, 3.8) is 0 Å². The highest BCUT2D eigenvalue weighted by Gasteiger charge is 2.35. The van der Waals surface area contributed by atoms with Crippen LogP contribution in [0.15, 0.2) is 12.1 Å². The molecule has 0 saturated heterocycles. The van der Waals surface area contributed by atoms with Gasteiger partial charge in [0.25, 0.3) is 0 Å². The van der Waals surface area contributed by atoms with Gasteiger partial charge in [0, 0.05) is 6.42 Å². The average molecular weight is 246 g/mol. The molecule has 0 radical (unpaired) electrons. The van der Waals surface area contributed by atoms with Crippen LogP contribution in [-0.2, 0) is 17.4 Å². The van der Waals surface area contributed by atoms with Crippen LogP contribution in [-0.4, -0.2) is 13.1 Å². The van der Waals surface area contributed by atoms with Gasteiger partial charge in [0.05, 0.1) is 5.56 Å². The largest absolute Gasteiger partial charge is 0.454 e. The van der Waals surface area contributed by atoms with Crippen molar-refractivity contribution in [3.05, 3.63) is 23.3 Å². The number of aldehydes is 1. The lowest BCUT2D eigenvalue weighted by Gasteiger charge is -2.13. The monoisotopic (exact) mass is 246 g/mol. The topological polar surface area (TPSA) is 35.5 Å². The minimum Gasteiger partial charge on any atom is -0.454 e. The lowest BCUT2D eigenvalue weighted by molar-refractivity contribution is -0.138. The van der Waals surface area contributed by atoms with Gasteiger partial charge in [0.2, 0.25) is 6.79 Å². The molecule has 0 aliphatic carbocycles. The Balaban J connectivity index is 2.43. The van der Waals surface area contributed by atoms with E-state index in [0.717, 1.165) is 6.07 Å². The first-order chi connectivity index (χ1) is 8.02. The normalized spacial score (nSPS) is 13.8. The van der Waals surface area contributed by atoms with E-state index in [0.29, 0.717) is 12.0 Å². The summed E-state index contributed by atoms with van der Waals surface area (Å²) >= 11 is 0. The van der Waals surface area contributed by atoms with E-state index < -0.39 is 11.7 Å². The van der Waals surface area contributed by atoms with Gasteiger partial charge in [0.1, 0.15) is 6.29 Å². The van der Waals surface area contributed by atoms with E-state index in [9.17, 15) is 18.0 Å². The van der Waals surface area contributed by atoms with Crippen LogP contribution in [0.2, 0.25) is 0 Å². The molecule has 1 heterocycles. The molecule has 0 saturated carbocycles. The lowest BCUT2D eigenvalue weighted by atomic mass is 10.0. The Kier molecular flexibility index (Phi) is 2.95. The van der Waals surface area contributed by atoms with Crippen LogP contribution in [0.4, 0.5) is 13.2 Å². The molecular weight excluding hydrogens is 237 g/mol. The summed E-state index contributed by atoms with van der Waals surface area (Å²) in [5.74, 6) is 0.381. The maximum absolute atomic E-state index is 12.8. The van der Waals surface area contributed by atoms with Crippen molar-refractivity contribution in [2.75, 3.05) is 6.79 Å². The molecule has 6 heteroatoms. The maximum Gasteiger partial charge on any atom is 0.416 e. The first-order valence-corrected chi connectivity index (χ1v) is 4.95. The number of carbonyl (C=O) groups is 1. The molecule has 1 aromatic rings. The van der Waals surface area contributed by atoms with E-state index in [1.165, 1.54) is 6.07 Å².